The summed E-state index contributed by atoms with van der Waals surface area (Å²) in [6.07, 6.45) is 3.54. The number of hydrogen-bond acceptors (Lipinski definition) is 2. The Kier molecular flexibility index (Phi) is 5.33. The monoisotopic (exact) mass is 339 g/mol. The maximum Gasteiger partial charge on any atom is 0.321 e. The number of hydrogen-bond donors (Lipinski definition) is 1. The van der Waals surface area contributed by atoms with Crippen LogP contribution in [0.4, 0.5) is 14.9 Å². The molecule has 0 unspecified atom stereocenters. The summed E-state index contributed by atoms with van der Waals surface area (Å²) in [4.78, 5) is 16.0. The molecule has 0 aliphatic carbocycles. The average Bonchev–Trinajstić information content (AvgIpc) is 2.62. The highest BCUT2D eigenvalue weighted by atomic mass is 19.1. The molecule has 0 bridgehead atoms. The minimum Gasteiger partial charge on any atom is -0.366 e. The molecule has 5 heteroatoms. The van der Waals surface area contributed by atoms with Crippen molar-refractivity contribution < 1.29 is 9.18 Å². The van der Waals surface area contributed by atoms with Crippen LogP contribution in [0.5, 0.6) is 0 Å². The minimum atomic E-state index is -0.221. The average molecular weight is 339 g/mol. The lowest BCUT2D eigenvalue weighted by Gasteiger charge is -2.35. The fraction of sp³-hybridized carbons (Fsp3) is 0.250. The summed E-state index contributed by atoms with van der Waals surface area (Å²) in [6.45, 7) is 4.41. The van der Waals surface area contributed by atoms with Gasteiger partial charge < -0.3 is 15.1 Å². The van der Waals surface area contributed by atoms with Crippen molar-refractivity contribution in [1.29, 1.82) is 0 Å². The Hall–Kier alpha value is -2.82. The number of benzene rings is 2. The molecule has 1 aliphatic rings. The fourth-order valence-electron chi connectivity index (χ4n) is 2.93. The lowest BCUT2D eigenvalue weighted by atomic mass is 10.1. The number of piperazine rings is 1. The quantitative estimate of drug-likeness (QED) is 0.927. The molecule has 0 radical (unpaired) electrons. The highest BCUT2D eigenvalue weighted by Crippen LogP contribution is 2.20. The van der Waals surface area contributed by atoms with E-state index in [2.05, 4.69) is 11.4 Å². The Morgan fingerprint density at radius 3 is 2.56 bits per heavy atom. The molecule has 0 atom stereocenters. The van der Waals surface area contributed by atoms with Gasteiger partial charge in [-0.2, -0.15) is 0 Å². The van der Waals surface area contributed by atoms with Gasteiger partial charge >= 0.3 is 6.03 Å². The van der Waals surface area contributed by atoms with Crippen molar-refractivity contribution in [3.63, 3.8) is 0 Å². The van der Waals surface area contributed by atoms with Gasteiger partial charge in [0.1, 0.15) is 5.82 Å². The molecule has 2 aromatic carbocycles. The molecule has 1 saturated heterocycles. The molecule has 0 saturated carbocycles. The zero-order valence-electron chi connectivity index (χ0n) is 14.3. The second-order valence-electron chi connectivity index (χ2n) is 6.12. The first kappa shape index (κ1) is 17.0. The molecule has 25 heavy (non-hydrogen) atoms. The highest BCUT2D eigenvalue weighted by molar-refractivity contribution is 5.76. The van der Waals surface area contributed by atoms with Gasteiger partial charge in [0.05, 0.1) is 5.69 Å². The number of para-hydroxylation sites is 1. The number of carbonyl (C=O) groups excluding carboxylic acids is 1. The summed E-state index contributed by atoms with van der Waals surface area (Å²) in [5.74, 6) is -0.221. The SMILES string of the molecule is Cc1cccc(/C=C/NC(=O)N2CCN(c3ccccc3F)CC2)c1. The first-order valence-corrected chi connectivity index (χ1v) is 8.41. The van der Waals surface area contributed by atoms with Crippen LogP contribution in [-0.2, 0) is 0 Å². The Bertz CT molecular complexity index is 767. The molecule has 4 nitrogen and oxygen atoms in total. The molecule has 1 fully saturated rings. The van der Waals surface area contributed by atoms with Crippen molar-refractivity contribution in [2.24, 2.45) is 0 Å². The topological polar surface area (TPSA) is 35.6 Å². The van der Waals surface area contributed by atoms with Gasteiger partial charge in [-0.3, -0.25) is 0 Å². The van der Waals surface area contributed by atoms with E-state index >= 15 is 0 Å². The zero-order valence-corrected chi connectivity index (χ0v) is 14.3. The molecular formula is C20H22FN3O. The van der Waals surface area contributed by atoms with Gasteiger partial charge in [0.25, 0.3) is 0 Å². The lowest BCUT2D eigenvalue weighted by Crippen LogP contribution is -2.51. The van der Waals surface area contributed by atoms with Crippen LogP contribution >= 0.6 is 0 Å². The minimum absolute atomic E-state index is 0.128. The second-order valence-corrected chi connectivity index (χ2v) is 6.12. The van der Waals surface area contributed by atoms with Crippen LogP contribution in [0.3, 0.4) is 0 Å². The number of nitrogens with zero attached hydrogens (tertiary/aromatic N) is 2. The summed E-state index contributed by atoms with van der Waals surface area (Å²) in [5, 5.41) is 2.80. The van der Waals surface area contributed by atoms with Crippen LogP contribution in [0, 0.1) is 12.7 Å². The number of amides is 2. The summed E-state index contributed by atoms with van der Waals surface area (Å²) in [6, 6.07) is 14.7. The van der Waals surface area contributed by atoms with Crippen molar-refractivity contribution >= 4 is 17.8 Å². The van der Waals surface area contributed by atoms with E-state index in [1.165, 1.54) is 11.6 Å². The van der Waals surface area contributed by atoms with Crippen LogP contribution in [0.2, 0.25) is 0 Å². The predicted molar refractivity (Wildman–Crippen MR) is 98.9 cm³/mol. The molecule has 0 spiro atoms. The van der Waals surface area contributed by atoms with Gasteiger partial charge in [-0.15, -0.1) is 0 Å². The molecule has 2 amide bonds. The first-order valence-electron chi connectivity index (χ1n) is 8.41. The maximum atomic E-state index is 13.8. The fourth-order valence-corrected chi connectivity index (χ4v) is 2.93. The third kappa shape index (κ3) is 4.38. The lowest BCUT2D eigenvalue weighted by molar-refractivity contribution is 0.198. The zero-order chi connectivity index (χ0) is 17.6. The van der Waals surface area contributed by atoms with Crippen molar-refractivity contribution in [3.05, 3.63) is 71.7 Å². The third-order valence-corrected chi connectivity index (χ3v) is 4.28. The van der Waals surface area contributed by atoms with Gasteiger partial charge in [0.15, 0.2) is 0 Å². The largest absolute Gasteiger partial charge is 0.366 e. The normalized spacial score (nSPS) is 14.8. The molecule has 1 N–H and O–H groups in total. The number of carbonyl (C=O) groups is 1. The predicted octanol–water partition coefficient (Wildman–Crippen LogP) is 3.64. The molecule has 0 aromatic heterocycles. The van der Waals surface area contributed by atoms with E-state index in [1.54, 1.807) is 23.2 Å². The molecule has 1 heterocycles. The maximum absolute atomic E-state index is 13.8. The van der Waals surface area contributed by atoms with Crippen molar-refractivity contribution in [2.75, 3.05) is 31.1 Å². The Labute approximate surface area is 147 Å². The summed E-state index contributed by atoms with van der Waals surface area (Å²) >= 11 is 0. The van der Waals surface area contributed by atoms with Gasteiger partial charge in [-0.25, -0.2) is 9.18 Å². The van der Waals surface area contributed by atoms with E-state index < -0.39 is 0 Å². The second kappa shape index (κ2) is 7.83. The van der Waals surface area contributed by atoms with E-state index in [0.717, 1.165) is 5.56 Å². The van der Waals surface area contributed by atoms with Crippen LogP contribution < -0.4 is 10.2 Å². The summed E-state index contributed by atoms with van der Waals surface area (Å²) in [7, 11) is 0. The van der Waals surface area contributed by atoms with E-state index in [4.69, 9.17) is 0 Å². The smallest absolute Gasteiger partial charge is 0.321 e. The number of nitrogens with one attached hydrogen (secondary N) is 1. The Balaban J connectivity index is 1.51. The van der Waals surface area contributed by atoms with Gasteiger partial charge in [0, 0.05) is 32.4 Å². The van der Waals surface area contributed by atoms with E-state index in [-0.39, 0.29) is 11.8 Å². The number of halogens is 1. The number of aryl methyl sites for hydroxylation is 1. The van der Waals surface area contributed by atoms with Crippen LogP contribution in [-0.4, -0.2) is 37.1 Å². The van der Waals surface area contributed by atoms with Crippen molar-refractivity contribution in [3.8, 4) is 0 Å². The number of rotatable bonds is 3. The van der Waals surface area contributed by atoms with E-state index in [9.17, 15) is 9.18 Å². The van der Waals surface area contributed by atoms with Crippen LogP contribution in [0.15, 0.2) is 54.7 Å². The van der Waals surface area contributed by atoms with Crippen molar-refractivity contribution in [1.82, 2.24) is 10.2 Å². The van der Waals surface area contributed by atoms with E-state index in [1.807, 2.05) is 42.2 Å². The summed E-state index contributed by atoms with van der Waals surface area (Å²) < 4.78 is 13.8. The molecule has 130 valence electrons. The van der Waals surface area contributed by atoms with Crippen molar-refractivity contribution in [2.45, 2.75) is 6.92 Å². The summed E-state index contributed by atoms with van der Waals surface area (Å²) in [5.41, 5.74) is 2.82. The standard InChI is InChI=1S/C20H22FN3O/c1-16-5-4-6-17(15-16)9-10-22-20(25)24-13-11-23(12-14-24)19-8-3-2-7-18(19)21/h2-10,15H,11-14H2,1H3,(H,22,25)/b10-9+. The third-order valence-electron chi connectivity index (χ3n) is 4.28. The molecule has 2 aromatic rings. The highest BCUT2D eigenvalue weighted by Gasteiger charge is 2.21. The molecule has 3 rings (SSSR count). The van der Waals surface area contributed by atoms with Gasteiger partial charge in [-0.1, -0.05) is 42.0 Å². The number of anilines is 1. The Morgan fingerprint density at radius 2 is 1.84 bits per heavy atom. The van der Waals surface area contributed by atoms with E-state index in [0.29, 0.717) is 31.9 Å². The van der Waals surface area contributed by atoms with Crippen LogP contribution in [0.1, 0.15) is 11.1 Å². The van der Waals surface area contributed by atoms with Gasteiger partial charge in [0.2, 0.25) is 0 Å². The molecular weight excluding hydrogens is 317 g/mol. The van der Waals surface area contributed by atoms with Gasteiger partial charge in [-0.05, 0) is 30.7 Å². The first-order chi connectivity index (χ1) is 12.1. The number of urea groups is 1. The molecule has 1 aliphatic heterocycles. The Morgan fingerprint density at radius 1 is 1.08 bits per heavy atom. The van der Waals surface area contributed by atoms with Crippen LogP contribution in [0.25, 0.3) is 6.08 Å².